The van der Waals surface area contributed by atoms with Gasteiger partial charge in [0, 0.05) is 4.88 Å². The van der Waals surface area contributed by atoms with E-state index in [2.05, 4.69) is 22.4 Å². The van der Waals surface area contributed by atoms with E-state index < -0.39 is 0 Å². The molecule has 0 spiro atoms. The molecular formula is C14H11NO2S2. The fourth-order valence-electron chi connectivity index (χ4n) is 1.61. The first kappa shape index (κ1) is 13.6. The number of carbonyl (C=O) groups is 1. The van der Waals surface area contributed by atoms with Crippen LogP contribution in [0.3, 0.4) is 0 Å². The van der Waals surface area contributed by atoms with Gasteiger partial charge in [-0.05, 0) is 30.8 Å². The van der Waals surface area contributed by atoms with Gasteiger partial charge in [-0.15, -0.1) is 11.3 Å². The summed E-state index contributed by atoms with van der Waals surface area (Å²) in [6.45, 7) is 2.10. The molecule has 96 valence electrons. The third kappa shape index (κ3) is 3.15. The number of thiophene rings is 1. The van der Waals surface area contributed by atoms with E-state index in [1.165, 1.54) is 11.3 Å². The number of esters is 1. The summed E-state index contributed by atoms with van der Waals surface area (Å²) in [6.07, 6.45) is 0. The molecule has 0 aliphatic rings. The summed E-state index contributed by atoms with van der Waals surface area (Å²) >= 11 is 6.00. The number of rotatable bonds is 4. The van der Waals surface area contributed by atoms with Crippen LogP contribution in [0.5, 0.6) is 0 Å². The van der Waals surface area contributed by atoms with Crippen molar-refractivity contribution in [2.24, 2.45) is 4.99 Å². The second-order valence-electron chi connectivity index (χ2n) is 3.62. The van der Waals surface area contributed by atoms with Crippen molar-refractivity contribution in [3.8, 4) is 10.4 Å². The SMILES string of the molecule is CCOC(=O)c1cc(-c2ccccc2)sc1N=C=S. The van der Waals surface area contributed by atoms with E-state index in [9.17, 15) is 4.79 Å². The smallest absolute Gasteiger partial charge is 0.341 e. The molecule has 19 heavy (non-hydrogen) atoms. The van der Waals surface area contributed by atoms with Crippen molar-refractivity contribution >= 4 is 39.7 Å². The van der Waals surface area contributed by atoms with Crippen LogP contribution in [0.15, 0.2) is 41.4 Å². The molecular weight excluding hydrogens is 278 g/mol. The molecule has 0 amide bonds. The molecule has 0 atom stereocenters. The molecule has 0 aliphatic heterocycles. The molecule has 1 aromatic carbocycles. The third-order valence-electron chi connectivity index (χ3n) is 2.41. The zero-order valence-corrected chi connectivity index (χ0v) is 11.9. The number of carbonyl (C=O) groups excluding carboxylic acids is 1. The van der Waals surface area contributed by atoms with Gasteiger partial charge >= 0.3 is 5.97 Å². The quantitative estimate of drug-likeness (QED) is 0.478. The largest absolute Gasteiger partial charge is 0.462 e. The number of hydrogen-bond donors (Lipinski definition) is 0. The number of ether oxygens (including phenoxy) is 1. The van der Waals surface area contributed by atoms with Crippen LogP contribution in [0.2, 0.25) is 0 Å². The maximum Gasteiger partial charge on any atom is 0.341 e. The number of aliphatic imine (C=N–C) groups is 1. The Bertz CT molecular complexity index is 628. The van der Waals surface area contributed by atoms with E-state index in [0.717, 1.165) is 10.4 Å². The summed E-state index contributed by atoms with van der Waals surface area (Å²) in [5, 5.41) is 2.83. The molecule has 0 bridgehead atoms. The highest BCUT2D eigenvalue weighted by Gasteiger charge is 2.17. The number of isothiocyanates is 1. The van der Waals surface area contributed by atoms with Gasteiger partial charge in [0.1, 0.15) is 5.00 Å². The number of hydrogen-bond acceptors (Lipinski definition) is 5. The van der Waals surface area contributed by atoms with E-state index in [-0.39, 0.29) is 5.97 Å². The van der Waals surface area contributed by atoms with Crippen LogP contribution in [0, 0.1) is 0 Å². The van der Waals surface area contributed by atoms with Crippen LogP contribution in [-0.4, -0.2) is 17.7 Å². The average molecular weight is 289 g/mol. The number of nitrogens with zero attached hydrogens (tertiary/aromatic N) is 1. The predicted molar refractivity (Wildman–Crippen MR) is 80.4 cm³/mol. The molecule has 2 rings (SSSR count). The Balaban J connectivity index is 2.46. The van der Waals surface area contributed by atoms with Crippen molar-refractivity contribution in [1.29, 1.82) is 0 Å². The van der Waals surface area contributed by atoms with Crippen molar-refractivity contribution in [1.82, 2.24) is 0 Å². The molecule has 0 unspecified atom stereocenters. The first-order valence-electron chi connectivity index (χ1n) is 5.70. The normalized spacial score (nSPS) is 9.74. The molecule has 0 radical (unpaired) electrons. The van der Waals surface area contributed by atoms with Crippen LogP contribution < -0.4 is 0 Å². The topological polar surface area (TPSA) is 38.7 Å². The Morgan fingerprint density at radius 1 is 1.42 bits per heavy atom. The fourth-order valence-corrected chi connectivity index (χ4v) is 2.74. The Labute approximate surface area is 120 Å². The predicted octanol–water partition coefficient (Wildman–Crippen LogP) is 4.33. The van der Waals surface area contributed by atoms with Gasteiger partial charge in [0.15, 0.2) is 0 Å². The summed E-state index contributed by atoms with van der Waals surface area (Å²) in [6, 6.07) is 11.6. The molecule has 5 heteroatoms. The van der Waals surface area contributed by atoms with Gasteiger partial charge in [0.2, 0.25) is 0 Å². The summed E-state index contributed by atoms with van der Waals surface area (Å²) in [4.78, 5) is 16.7. The highest BCUT2D eigenvalue weighted by molar-refractivity contribution is 7.78. The molecule has 2 aromatic rings. The van der Waals surface area contributed by atoms with E-state index in [0.29, 0.717) is 17.2 Å². The van der Waals surface area contributed by atoms with E-state index in [1.807, 2.05) is 30.3 Å². The first-order chi connectivity index (χ1) is 9.26. The molecule has 0 aliphatic carbocycles. The standard InChI is InChI=1S/C14H11NO2S2/c1-2-17-14(16)11-8-12(19-13(11)15-9-18)10-6-4-3-5-7-10/h3-8H,2H2,1H3. The number of benzene rings is 1. The van der Waals surface area contributed by atoms with E-state index in [1.54, 1.807) is 13.0 Å². The van der Waals surface area contributed by atoms with Crippen LogP contribution in [-0.2, 0) is 4.74 Å². The molecule has 0 N–H and O–H groups in total. The summed E-state index contributed by atoms with van der Waals surface area (Å²) in [5.41, 5.74) is 1.46. The van der Waals surface area contributed by atoms with E-state index >= 15 is 0 Å². The summed E-state index contributed by atoms with van der Waals surface area (Å²) < 4.78 is 5.01. The van der Waals surface area contributed by atoms with Crippen molar-refractivity contribution in [2.45, 2.75) is 6.92 Å². The number of thiocarbonyl (C=S) groups is 1. The molecule has 0 fully saturated rings. The summed E-state index contributed by atoms with van der Waals surface area (Å²) in [5.74, 6) is -0.384. The van der Waals surface area contributed by atoms with Gasteiger partial charge in [-0.1, -0.05) is 30.3 Å². The zero-order chi connectivity index (χ0) is 13.7. The maximum absolute atomic E-state index is 11.8. The van der Waals surface area contributed by atoms with Crippen molar-refractivity contribution in [2.75, 3.05) is 6.61 Å². The van der Waals surface area contributed by atoms with Crippen molar-refractivity contribution < 1.29 is 9.53 Å². The van der Waals surface area contributed by atoms with Gasteiger partial charge in [0.05, 0.1) is 17.3 Å². The maximum atomic E-state index is 11.8. The van der Waals surface area contributed by atoms with Crippen molar-refractivity contribution in [3.63, 3.8) is 0 Å². The average Bonchev–Trinajstić information content (AvgIpc) is 2.85. The van der Waals surface area contributed by atoms with Crippen LogP contribution in [0.4, 0.5) is 5.00 Å². The fraction of sp³-hybridized carbons (Fsp3) is 0.143. The monoisotopic (exact) mass is 289 g/mol. The highest BCUT2D eigenvalue weighted by Crippen LogP contribution is 2.37. The van der Waals surface area contributed by atoms with Gasteiger partial charge in [-0.2, -0.15) is 4.99 Å². The lowest BCUT2D eigenvalue weighted by molar-refractivity contribution is 0.0528. The molecule has 1 heterocycles. The first-order valence-corrected chi connectivity index (χ1v) is 6.93. The minimum atomic E-state index is -0.384. The Morgan fingerprint density at radius 2 is 2.16 bits per heavy atom. The zero-order valence-electron chi connectivity index (χ0n) is 10.3. The minimum absolute atomic E-state index is 0.329. The Morgan fingerprint density at radius 3 is 2.79 bits per heavy atom. The Hall–Kier alpha value is -1.81. The lowest BCUT2D eigenvalue weighted by Gasteiger charge is -1.98. The second-order valence-corrected chi connectivity index (χ2v) is 4.83. The Kier molecular flexibility index (Phi) is 4.58. The van der Waals surface area contributed by atoms with Crippen LogP contribution in [0.25, 0.3) is 10.4 Å². The second kappa shape index (κ2) is 6.38. The highest BCUT2D eigenvalue weighted by atomic mass is 32.1. The lowest BCUT2D eigenvalue weighted by Crippen LogP contribution is -2.03. The van der Waals surface area contributed by atoms with Crippen LogP contribution in [0.1, 0.15) is 17.3 Å². The third-order valence-corrected chi connectivity index (χ3v) is 3.58. The molecule has 0 saturated heterocycles. The molecule has 0 saturated carbocycles. The minimum Gasteiger partial charge on any atom is -0.462 e. The van der Waals surface area contributed by atoms with Crippen molar-refractivity contribution in [3.05, 3.63) is 42.0 Å². The van der Waals surface area contributed by atoms with Gasteiger partial charge < -0.3 is 4.74 Å². The van der Waals surface area contributed by atoms with Crippen LogP contribution >= 0.6 is 23.6 Å². The van der Waals surface area contributed by atoms with Gasteiger partial charge in [0.25, 0.3) is 0 Å². The lowest BCUT2D eigenvalue weighted by atomic mass is 10.1. The molecule has 1 aromatic heterocycles. The van der Waals surface area contributed by atoms with Gasteiger partial charge in [-0.3, -0.25) is 0 Å². The summed E-state index contributed by atoms with van der Waals surface area (Å²) in [7, 11) is 0. The molecule has 3 nitrogen and oxygen atoms in total. The van der Waals surface area contributed by atoms with Gasteiger partial charge in [-0.25, -0.2) is 4.79 Å². The van der Waals surface area contributed by atoms with E-state index in [4.69, 9.17) is 4.74 Å².